The van der Waals surface area contributed by atoms with Gasteiger partial charge in [-0.25, -0.2) is 4.39 Å². The van der Waals surface area contributed by atoms with Gasteiger partial charge in [0.1, 0.15) is 5.82 Å². The standard InChI is InChI=1S/C19H13Cl2FN2S/c20-13-5-8-15(21)18(10-13)24-17(12-3-6-14(22)7-4-12)11-16(23-24)19-2-1-9-25-19/h1-10,17H,11H2/t17-/m1/s1. The van der Waals surface area contributed by atoms with Gasteiger partial charge in [0.25, 0.3) is 0 Å². The molecule has 0 radical (unpaired) electrons. The van der Waals surface area contributed by atoms with Crippen LogP contribution in [0.15, 0.2) is 65.1 Å². The lowest BCUT2D eigenvalue weighted by Gasteiger charge is -2.25. The molecule has 4 rings (SSSR count). The SMILES string of the molecule is Fc1ccc([C@H]2CC(c3cccs3)=NN2c2cc(Cl)ccc2Cl)cc1. The van der Waals surface area contributed by atoms with E-state index in [-0.39, 0.29) is 11.9 Å². The van der Waals surface area contributed by atoms with Crippen molar-refractivity contribution < 1.29 is 4.39 Å². The number of anilines is 1. The number of nitrogens with zero attached hydrogens (tertiary/aromatic N) is 2. The molecule has 1 atom stereocenters. The Kier molecular flexibility index (Phi) is 4.50. The summed E-state index contributed by atoms with van der Waals surface area (Å²) in [6, 6.07) is 15.8. The van der Waals surface area contributed by atoms with Crippen molar-refractivity contribution in [2.45, 2.75) is 12.5 Å². The van der Waals surface area contributed by atoms with Crippen molar-refractivity contribution in [3.05, 3.63) is 86.3 Å². The Hall–Kier alpha value is -1.88. The Morgan fingerprint density at radius 2 is 1.88 bits per heavy atom. The summed E-state index contributed by atoms with van der Waals surface area (Å²) in [5.41, 5.74) is 2.71. The van der Waals surface area contributed by atoms with Crippen molar-refractivity contribution in [1.29, 1.82) is 0 Å². The van der Waals surface area contributed by atoms with E-state index in [9.17, 15) is 4.39 Å². The average Bonchev–Trinajstić information content (AvgIpc) is 3.27. The van der Waals surface area contributed by atoms with E-state index < -0.39 is 0 Å². The summed E-state index contributed by atoms with van der Waals surface area (Å²) < 4.78 is 13.3. The van der Waals surface area contributed by atoms with Crippen LogP contribution >= 0.6 is 34.5 Å². The van der Waals surface area contributed by atoms with Crippen molar-refractivity contribution in [3.63, 3.8) is 0 Å². The van der Waals surface area contributed by atoms with Crippen LogP contribution < -0.4 is 5.01 Å². The van der Waals surface area contributed by atoms with E-state index in [0.717, 1.165) is 28.3 Å². The molecule has 6 heteroatoms. The maximum atomic E-state index is 13.3. The molecular formula is C19H13Cl2FN2S. The second-order valence-electron chi connectivity index (χ2n) is 5.74. The van der Waals surface area contributed by atoms with Crippen LogP contribution in [0.5, 0.6) is 0 Å². The first-order chi connectivity index (χ1) is 12.1. The fourth-order valence-corrected chi connectivity index (χ4v) is 4.02. The first-order valence-corrected chi connectivity index (χ1v) is 9.36. The van der Waals surface area contributed by atoms with Crippen LogP contribution in [0.1, 0.15) is 22.9 Å². The smallest absolute Gasteiger partial charge is 0.123 e. The fraction of sp³-hybridized carbons (Fsp3) is 0.105. The number of rotatable bonds is 3. The van der Waals surface area contributed by atoms with E-state index in [2.05, 4.69) is 0 Å². The third-order valence-corrected chi connectivity index (χ3v) is 5.60. The molecule has 1 aromatic heterocycles. The predicted octanol–water partition coefficient (Wildman–Crippen LogP) is 6.55. The van der Waals surface area contributed by atoms with Crippen molar-refractivity contribution in [1.82, 2.24) is 0 Å². The summed E-state index contributed by atoms with van der Waals surface area (Å²) in [6.45, 7) is 0. The molecule has 0 saturated heterocycles. The summed E-state index contributed by atoms with van der Waals surface area (Å²) >= 11 is 14.2. The highest BCUT2D eigenvalue weighted by molar-refractivity contribution is 7.12. The average molecular weight is 391 g/mol. The van der Waals surface area contributed by atoms with Gasteiger partial charge in [0, 0.05) is 11.4 Å². The van der Waals surface area contributed by atoms with E-state index in [0.29, 0.717) is 10.0 Å². The van der Waals surface area contributed by atoms with Gasteiger partial charge in [-0.1, -0.05) is 41.4 Å². The second kappa shape index (κ2) is 6.79. The molecule has 0 N–H and O–H groups in total. The van der Waals surface area contributed by atoms with Crippen LogP contribution in [0.25, 0.3) is 0 Å². The maximum absolute atomic E-state index is 13.3. The lowest BCUT2D eigenvalue weighted by molar-refractivity contribution is 0.624. The number of benzene rings is 2. The minimum absolute atomic E-state index is 0.0614. The first-order valence-electron chi connectivity index (χ1n) is 7.73. The van der Waals surface area contributed by atoms with Gasteiger partial charge >= 0.3 is 0 Å². The molecule has 2 nitrogen and oxygen atoms in total. The Bertz CT molecular complexity index is 923. The van der Waals surface area contributed by atoms with Crippen LogP contribution in [0.2, 0.25) is 10.0 Å². The molecule has 3 aromatic rings. The van der Waals surface area contributed by atoms with E-state index >= 15 is 0 Å². The van der Waals surface area contributed by atoms with E-state index in [1.54, 1.807) is 41.7 Å². The maximum Gasteiger partial charge on any atom is 0.123 e. The van der Waals surface area contributed by atoms with Gasteiger partial charge in [-0.15, -0.1) is 11.3 Å². The summed E-state index contributed by atoms with van der Waals surface area (Å²) in [4.78, 5) is 1.12. The van der Waals surface area contributed by atoms with Gasteiger partial charge in [0.05, 0.1) is 27.3 Å². The number of hydrogen-bond donors (Lipinski definition) is 0. The second-order valence-corrected chi connectivity index (χ2v) is 7.53. The molecule has 0 aliphatic carbocycles. The highest BCUT2D eigenvalue weighted by atomic mass is 35.5. The van der Waals surface area contributed by atoms with Gasteiger partial charge in [-0.3, -0.25) is 5.01 Å². The van der Waals surface area contributed by atoms with E-state index in [1.165, 1.54) is 12.1 Å². The highest BCUT2D eigenvalue weighted by Gasteiger charge is 2.31. The van der Waals surface area contributed by atoms with Crippen molar-refractivity contribution in [2.75, 3.05) is 5.01 Å². The predicted molar refractivity (Wildman–Crippen MR) is 104 cm³/mol. The lowest BCUT2D eigenvalue weighted by atomic mass is 10.0. The molecular weight excluding hydrogens is 378 g/mol. The molecule has 0 saturated carbocycles. The number of hydrogen-bond acceptors (Lipinski definition) is 3. The zero-order valence-electron chi connectivity index (χ0n) is 13.0. The summed E-state index contributed by atoms with van der Waals surface area (Å²) in [5, 5.41) is 9.89. The van der Waals surface area contributed by atoms with Crippen LogP contribution in [-0.4, -0.2) is 5.71 Å². The van der Waals surface area contributed by atoms with Gasteiger partial charge < -0.3 is 0 Å². The molecule has 25 heavy (non-hydrogen) atoms. The van der Waals surface area contributed by atoms with Crippen LogP contribution in [0.3, 0.4) is 0 Å². The lowest BCUT2D eigenvalue weighted by Crippen LogP contribution is -2.19. The minimum atomic E-state index is -0.256. The molecule has 126 valence electrons. The van der Waals surface area contributed by atoms with Crippen molar-refractivity contribution >= 4 is 45.9 Å². The highest BCUT2D eigenvalue weighted by Crippen LogP contribution is 2.41. The molecule has 0 unspecified atom stereocenters. The Morgan fingerprint density at radius 1 is 1.08 bits per heavy atom. The molecule has 2 heterocycles. The molecule has 1 aliphatic rings. The molecule has 0 fully saturated rings. The molecule has 0 bridgehead atoms. The van der Waals surface area contributed by atoms with Crippen LogP contribution in [0, 0.1) is 5.82 Å². The normalized spacial score (nSPS) is 17.0. The Morgan fingerprint density at radius 3 is 2.60 bits per heavy atom. The third kappa shape index (κ3) is 3.30. The zero-order valence-corrected chi connectivity index (χ0v) is 15.3. The zero-order chi connectivity index (χ0) is 17.4. The van der Waals surface area contributed by atoms with Crippen molar-refractivity contribution in [2.24, 2.45) is 5.10 Å². The van der Waals surface area contributed by atoms with E-state index in [1.807, 2.05) is 22.5 Å². The topological polar surface area (TPSA) is 15.6 Å². The fourth-order valence-electron chi connectivity index (χ4n) is 2.93. The third-order valence-electron chi connectivity index (χ3n) is 4.13. The molecule has 1 aliphatic heterocycles. The number of halogens is 3. The number of hydrazone groups is 1. The Balaban J connectivity index is 1.79. The monoisotopic (exact) mass is 390 g/mol. The molecule has 0 spiro atoms. The quantitative estimate of drug-likeness (QED) is 0.494. The molecule has 0 amide bonds. The van der Waals surface area contributed by atoms with Crippen LogP contribution in [-0.2, 0) is 0 Å². The molecule has 2 aromatic carbocycles. The van der Waals surface area contributed by atoms with Crippen LogP contribution in [0.4, 0.5) is 10.1 Å². The summed E-state index contributed by atoms with van der Waals surface area (Å²) in [5.74, 6) is -0.256. The van der Waals surface area contributed by atoms with Gasteiger partial charge in [0.2, 0.25) is 0 Å². The first kappa shape index (κ1) is 16.6. The largest absolute Gasteiger partial charge is 0.256 e. The summed E-state index contributed by atoms with van der Waals surface area (Å²) in [7, 11) is 0. The van der Waals surface area contributed by atoms with Gasteiger partial charge in [-0.05, 0) is 47.3 Å². The van der Waals surface area contributed by atoms with Crippen molar-refractivity contribution in [3.8, 4) is 0 Å². The number of thiophene rings is 1. The van der Waals surface area contributed by atoms with E-state index in [4.69, 9.17) is 28.3 Å². The minimum Gasteiger partial charge on any atom is -0.256 e. The van der Waals surface area contributed by atoms with Gasteiger partial charge in [0.15, 0.2) is 0 Å². The van der Waals surface area contributed by atoms with Gasteiger partial charge in [-0.2, -0.15) is 5.10 Å². The summed E-state index contributed by atoms with van der Waals surface area (Å²) in [6.07, 6.45) is 0.717. The Labute approximate surface area is 159 Å².